The van der Waals surface area contributed by atoms with Gasteiger partial charge in [0.2, 0.25) is 0 Å². The third-order valence-corrected chi connectivity index (χ3v) is 1.02. The van der Waals surface area contributed by atoms with E-state index in [4.69, 9.17) is 5.11 Å². The van der Waals surface area contributed by atoms with Gasteiger partial charge in [-0.05, 0) is 0 Å². The molecule has 0 aromatic carbocycles. The van der Waals surface area contributed by atoms with Crippen LogP contribution in [0.3, 0.4) is 0 Å². The van der Waals surface area contributed by atoms with E-state index >= 15 is 0 Å². The first-order chi connectivity index (χ1) is 5.18. The highest BCUT2D eigenvalue weighted by atomic mass is 16.5. The quantitative estimate of drug-likeness (QED) is 0.617. The van der Waals surface area contributed by atoms with Crippen LogP contribution in [0.25, 0.3) is 0 Å². The van der Waals surface area contributed by atoms with Crippen molar-refractivity contribution in [2.75, 3.05) is 0 Å². The van der Waals surface area contributed by atoms with Crippen molar-refractivity contribution >= 4 is 5.97 Å². The summed E-state index contributed by atoms with van der Waals surface area (Å²) in [6.45, 7) is 1.35. The summed E-state index contributed by atoms with van der Waals surface area (Å²) in [4.78, 5) is 10.3. The lowest BCUT2D eigenvalue weighted by atomic mass is 10.7. The molecule has 0 fully saturated rings. The summed E-state index contributed by atoms with van der Waals surface area (Å²) in [6, 6.07) is 0. The van der Waals surface area contributed by atoms with Crippen LogP contribution in [0, 0.1) is 0 Å². The third-order valence-electron chi connectivity index (χ3n) is 1.02. The molecule has 0 amide bonds. The molecule has 1 aromatic heterocycles. The summed E-state index contributed by atoms with van der Waals surface area (Å²) in [5.41, 5.74) is 0. The molecular weight excluding hydrogens is 148 g/mol. The van der Waals surface area contributed by atoms with Crippen LogP contribution in [-0.2, 0) is 16.3 Å². The molecule has 0 atom stereocenters. The van der Waals surface area contributed by atoms with E-state index in [1.54, 1.807) is 0 Å². The van der Waals surface area contributed by atoms with Crippen LogP contribution < -0.4 is 0 Å². The van der Waals surface area contributed by atoms with E-state index in [2.05, 4.69) is 9.84 Å². The Bertz CT molecular complexity index is 256. The predicted octanol–water partition coefficient (Wildman–Crippen LogP) is 0.109. The van der Waals surface area contributed by atoms with Gasteiger partial charge in [0.1, 0.15) is 0 Å². The highest BCUT2D eigenvalue weighted by Gasteiger charge is 1.96. The lowest BCUT2D eigenvalue weighted by Crippen LogP contribution is -2.06. The van der Waals surface area contributed by atoms with Gasteiger partial charge in [-0.25, -0.2) is 4.68 Å². The Kier molecular flexibility index (Phi) is 2.10. The standard InChI is InChI=1S/C6H8N2O3/c1-5(9)11-4-8-3-6(10)2-7-8/h2-3,10H,4H2,1H3. The molecule has 0 saturated carbocycles. The van der Waals surface area contributed by atoms with Gasteiger partial charge in [0.05, 0.1) is 12.4 Å². The van der Waals surface area contributed by atoms with Gasteiger partial charge in [-0.2, -0.15) is 5.10 Å². The minimum Gasteiger partial charge on any atom is -0.505 e. The molecule has 0 aliphatic heterocycles. The van der Waals surface area contributed by atoms with Crippen molar-refractivity contribution in [3.05, 3.63) is 12.4 Å². The van der Waals surface area contributed by atoms with Gasteiger partial charge in [-0.1, -0.05) is 0 Å². The van der Waals surface area contributed by atoms with Crippen LogP contribution in [0.4, 0.5) is 0 Å². The smallest absolute Gasteiger partial charge is 0.304 e. The van der Waals surface area contributed by atoms with Crippen LogP contribution in [0.2, 0.25) is 0 Å². The van der Waals surface area contributed by atoms with E-state index in [0.717, 1.165) is 0 Å². The van der Waals surface area contributed by atoms with E-state index in [0.29, 0.717) is 0 Å². The zero-order valence-electron chi connectivity index (χ0n) is 6.02. The molecule has 0 aliphatic rings. The van der Waals surface area contributed by atoms with Crippen LogP contribution >= 0.6 is 0 Å². The van der Waals surface area contributed by atoms with E-state index in [9.17, 15) is 4.79 Å². The highest BCUT2D eigenvalue weighted by molar-refractivity contribution is 5.65. The molecular formula is C6H8N2O3. The molecule has 0 spiro atoms. The van der Waals surface area contributed by atoms with Gasteiger partial charge in [0.15, 0.2) is 12.5 Å². The number of hydrogen-bond donors (Lipinski definition) is 1. The fraction of sp³-hybridized carbons (Fsp3) is 0.333. The zero-order chi connectivity index (χ0) is 8.27. The van der Waals surface area contributed by atoms with Crippen molar-refractivity contribution in [2.24, 2.45) is 0 Å². The molecule has 0 aliphatic carbocycles. The highest BCUT2D eigenvalue weighted by Crippen LogP contribution is 2.03. The van der Waals surface area contributed by atoms with Crippen molar-refractivity contribution in [3.8, 4) is 5.75 Å². The Labute approximate surface area is 63.2 Å². The number of ether oxygens (including phenoxy) is 1. The summed E-state index contributed by atoms with van der Waals surface area (Å²) in [5.74, 6) is -0.322. The van der Waals surface area contributed by atoms with E-state index < -0.39 is 0 Å². The Morgan fingerprint density at radius 3 is 3.09 bits per heavy atom. The molecule has 1 N–H and O–H groups in total. The zero-order valence-corrected chi connectivity index (χ0v) is 6.02. The molecule has 1 rings (SSSR count). The molecule has 60 valence electrons. The first kappa shape index (κ1) is 7.59. The number of aromatic nitrogens is 2. The van der Waals surface area contributed by atoms with Crippen molar-refractivity contribution in [3.63, 3.8) is 0 Å². The molecule has 1 aromatic rings. The largest absolute Gasteiger partial charge is 0.505 e. The second-order valence-corrected chi connectivity index (χ2v) is 2.00. The number of carbonyl (C=O) groups excluding carboxylic acids is 1. The first-order valence-corrected chi connectivity index (χ1v) is 3.03. The molecule has 5 nitrogen and oxygen atoms in total. The first-order valence-electron chi connectivity index (χ1n) is 3.03. The minimum atomic E-state index is -0.375. The summed E-state index contributed by atoms with van der Waals surface area (Å²) in [7, 11) is 0. The summed E-state index contributed by atoms with van der Waals surface area (Å²) >= 11 is 0. The maximum atomic E-state index is 10.3. The van der Waals surface area contributed by atoms with E-state index in [-0.39, 0.29) is 18.4 Å². The van der Waals surface area contributed by atoms with Gasteiger partial charge in [0.25, 0.3) is 0 Å². The SMILES string of the molecule is CC(=O)OCn1cc(O)cn1. The number of hydrogen-bond acceptors (Lipinski definition) is 4. The fourth-order valence-electron chi connectivity index (χ4n) is 0.580. The summed E-state index contributed by atoms with van der Waals surface area (Å²) < 4.78 is 5.91. The number of rotatable bonds is 2. The molecule has 0 saturated heterocycles. The normalized spacial score (nSPS) is 9.55. The van der Waals surface area contributed by atoms with Crippen LogP contribution in [-0.4, -0.2) is 20.9 Å². The Morgan fingerprint density at radius 2 is 2.64 bits per heavy atom. The summed E-state index contributed by atoms with van der Waals surface area (Å²) in [6.07, 6.45) is 2.63. The topological polar surface area (TPSA) is 64.3 Å². The van der Waals surface area contributed by atoms with Crippen LogP contribution in [0.1, 0.15) is 6.92 Å². The molecule has 11 heavy (non-hydrogen) atoms. The minimum absolute atomic E-state index is 0.0376. The molecule has 0 unspecified atom stereocenters. The molecule has 5 heteroatoms. The van der Waals surface area contributed by atoms with Crippen molar-refractivity contribution < 1.29 is 14.6 Å². The third kappa shape index (κ3) is 2.29. The second kappa shape index (κ2) is 3.05. The van der Waals surface area contributed by atoms with Gasteiger partial charge in [0, 0.05) is 6.92 Å². The Balaban J connectivity index is 2.45. The fourth-order valence-corrected chi connectivity index (χ4v) is 0.580. The van der Waals surface area contributed by atoms with Gasteiger partial charge < -0.3 is 9.84 Å². The van der Waals surface area contributed by atoms with Gasteiger partial charge in [-0.3, -0.25) is 4.79 Å². The average molecular weight is 156 g/mol. The maximum absolute atomic E-state index is 10.3. The number of esters is 1. The van der Waals surface area contributed by atoms with E-state index in [1.165, 1.54) is 24.0 Å². The van der Waals surface area contributed by atoms with E-state index in [1.807, 2.05) is 0 Å². The van der Waals surface area contributed by atoms with Gasteiger partial charge in [-0.15, -0.1) is 0 Å². The average Bonchev–Trinajstić information content (AvgIpc) is 2.31. The lowest BCUT2D eigenvalue weighted by molar-refractivity contribution is -0.145. The second-order valence-electron chi connectivity index (χ2n) is 2.00. The van der Waals surface area contributed by atoms with Crippen molar-refractivity contribution in [2.45, 2.75) is 13.7 Å². The predicted molar refractivity (Wildman–Crippen MR) is 35.7 cm³/mol. The maximum Gasteiger partial charge on any atom is 0.304 e. The monoisotopic (exact) mass is 156 g/mol. The van der Waals surface area contributed by atoms with Gasteiger partial charge >= 0.3 is 5.97 Å². The van der Waals surface area contributed by atoms with Crippen LogP contribution in [0.5, 0.6) is 5.75 Å². The Hall–Kier alpha value is -1.52. The van der Waals surface area contributed by atoms with Crippen LogP contribution in [0.15, 0.2) is 12.4 Å². The lowest BCUT2D eigenvalue weighted by Gasteiger charge is -1.99. The Morgan fingerprint density at radius 1 is 1.91 bits per heavy atom. The molecule has 0 bridgehead atoms. The number of carbonyl (C=O) groups is 1. The summed E-state index contributed by atoms with van der Waals surface area (Å²) in [5, 5.41) is 12.5. The molecule has 0 radical (unpaired) electrons. The van der Waals surface area contributed by atoms with Crippen molar-refractivity contribution in [1.82, 2.24) is 9.78 Å². The van der Waals surface area contributed by atoms with Crippen molar-refractivity contribution in [1.29, 1.82) is 0 Å². The number of aromatic hydroxyl groups is 1. The molecule has 1 heterocycles. The number of nitrogens with zero attached hydrogens (tertiary/aromatic N) is 2.